The van der Waals surface area contributed by atoms with Gasteiger partial charge in [-0.2, -0.15) is 5.10 Å². The second-order valence-electron chi connectivity index (χ2n) is 10.3. The van der Waals surface area contributed by atoms with Gasteiger partial charge in [-0.1, -0.05) is 37.6 Å². The summed E-state index contributed by atoms with van der Waals surface area (Å²) in [6.07, 6.45) is 3.35. The van der Waals surface area contributed by atoms with Crippen LogP contribution in [0.1, 0.15) is 57.7 Å². The Morgan fingerprint density at radius 2 is 1.56 bits per heavy atom. The minimum absolute atomic E-state index is 0.296. The molecule has 3 heterocycles. The predicted molar refractivity (Wildman–Crippen MR) is 151 cm³/mol. The number of fused-ring (bicyclic) bond motifs is 5. The first-order valence-corrected chi connectivity index (χ1v) is 13.7. The molecule has 2 amide bonds. The number of hydrogen-bond donors (Lipinski definition) is 0. The third-order valence-corrected chi connectivity index (χ3v) is 8.03. The minimum atomic E-state index is -0.975. The van der Waals surface area contributed by atoms with Gasteiger partial charge in [0.05, 0.1) is 49.1 Å². The van der Waals surface area contributed by atoms with Gasteiger partial charge in [-0.15, -0.1) is 0 Å². The number of Topliss-reactive ketones (excluding diaryl/α,β-unsaturated/α-hetero) is 1. The van der Waals surface area contributed by atoms with Crippen LogP contribution >= 0.6 is 0 Å². The number of carbonyl (C=O) groups is 4. The standard InChI is InChI=1S/C32H29N3O6/c1-3-4-17-41-32(39)20-9-13-22(14-10-20)34-30(37)25-26(31(34)38)28(29(36)19-11-15-23(40-2)16-12-19)35-27(25)24-8-6-5-7-21(24)18-33-35/h5-16,18,25-28H,3-4,17H2,1-2H3. The lowest BCUT2D eigenvalue weighted by Crippen LogP contribution is -2.44. The van der Waals surface area contributed by atoms with Gasteiger partial charge in [-0.05, 0) is 66.1 Å². The number of nitrogens with zero attached hydrogens (tertiary/aromatic N) is 3. The zero-order valence-electron chi connectivity index (χ0n) is 22.7. The zero-order chi connectivity index (χ0) is 28.7. The molecule has 9 heteroatoms. The van der Waals surface area contributed by atoms with E-state index in [2.05, 4.69) is 5.10 Å². The summed E-state index contributed by atoms with van der Waals surface area (Å²) in [6, 6.07) is 18.9. The number of imide groups is 1. The molecule has 0 N–H and O–H groups in total. The number of amides is 2. The van der Waals surface area contributed by atoms with Crippen molar-refractivity contribution < 1.29 is 28.7 Å². The lowest BCUT2D eigenvalue weighted by molar-refractivity contribution is -0.124. The number of rotatable bonds is 8. The van der Waals surface area contributed by atoms with Gasteiger partial charge in [0, 0.05) is 5.56 Å². The molecule has 4 unspecified atom stereocenters. The van der Waals surface area contributed by atoms with E-state index in [1.807, 2.05) is 31.2 Å². The fourth-order valence-corrected chi connectivity index (χ4v) is 5.99. The maximum atomic E-state index is 14.1. The van der Waals surface area contributed by atoms with Crippen LogP contribution in [0.25, 0.3) is 0 Å². The summed E-state index contributed by atoms with van der Waals surface area (Å²) in [5.41, 5.74) is 2.76. The Morgan fingerprint density at radius 1 is 0.878 bits per heavy atom. The fraction of sp³-hybridized carbons (Fsp3) is 0.281. The van der Waals surface area contributed by atoms with Gasteiger partial charge in [-0.3, -0.25) is 19.4 Å². The summed E-state index contributed by atoms with van der Waals surface area (Å²) in [5, 5.41) is 6.23. The number of benzene rings is 3. The van der Waals surface area contributed by atoms with E-state index in [4.69, 9.17) is 9.47 Å². The Bertz CT molecular complexity index is 1550. The van der Waals surface area contributed by atoms with Gasteiger partial charge < -0.3 is 9.47 Å². The molecule has 3 aliphatic rings. The molecule has 3 aliphatic heterocycles. The first-order chi connectivity index (χ1) is 19.9. The number of unbranched alkanes of at least 4 members (excludes halogenated alkanes) is 1. The normalized spacial score (nSPS) is 22.3. The van der Waals surface area contributed by atoms with Crippen LogP contribution in [-0.2, 0) is 14.3 Å². The van der Waals surface area contributed by atoms with Crippen LogP contribution in [0.4, 0.5) is 5.69 Å². The molecule has 2 saturated heterocycles. The Balaban J connectivity index is 1.36. The van der Waals surface area contributed by atoms with E-state index in [1.54, 1.807) is 66.9 Å². The molecule has 0 aliphatic carbocycles. The molecule has 3 aromatic rings. The van der Waals surface area contributed by atoms with Crippen LogP contribution in [0.2, 0.25) is 0 Å². The maximum Gasteiger partial charge on any atom is 0.338 e. The van der Waals surface area contributed by atoms with Crippen molar-refractivity contribution >= 4 is 35.5 Å². The van der Waals surface area contributed by atoms with Crippen molar-refractivity contribution in [3.63, 3.8) is 0 Å². The summed E-state index contributed by atoms with van der Waals surface area (Å²) >= 11 is 0. The van der Waals surface area contributed by atoms with Gasteiger partial charge in [0.2, 0.25) is 11.8 Å². The largest absolute Gasteiger partial charge is 0.497 e. The maximum absolute atomic E-state index is 14.1. The molecule has 0 saturated carbocycles. The monoisotopic (exact) mass is 551 g/mol. The van der Waals surface area contributed by atoms with Crippen molar-refractivity contribution in [1.82, 2.24) is 5.01 Å². The Kier molecular flexibility index (Phi) is 6.86. The predicted octanol–water partition coefficient (Wildman–Crippen LogP) is 4.41. The second kappa shape index (κ2) is 10.6. The lowest BCUT2D eigenvalue weighted by Gasteiger charge is -2.33. The van der Waals surface area contributed by atoms with Gasteiger partial charge in [0.15, 0.2) is 5.78 Å². The van der Waals surface area contributed by atoms with Crippen LogP contribution in [0.15, 0.2) is 77.9 Å². The number of anilines is 1. The summed E-state index contributed by atoms with van der Waals surface area (Å²) < 4.78 is 10.5. The van der Waals surface area contributed by atoms with E-state index in [0.717, 1.165) is 28.9 Å². The summed E-state index contributed by atoms with van der Waals surface area (Å²) in [6.45, 7) is 2.34. The van der Waals surface area contributed by atoms with E-state index in [9.17, 15) is 19.2 Å². The second-order valence-corrected chi connectivity index (χ2v) is 10.3. The number of ether oxygens (including phenoxy) is 2. The molecule has 3 aromatic carbocycles. The quantitative estimate of drug-likeness (QED) is 0.177. The molecule has 6 rings (SSSR count). The summed E-state index contributed by atoms with van der Waals surface area (Å²) in [7, 11) is 1.54. The van der Waals surface area contributed by atoms with Gasteiger partial charge >= 0.3 is 5.97 Å². The molecule has 208 valence electrons. The number of ketones is 1. The van der Waals surface area contributed by atoms with Crippen LogP contribution in [0.5, 0.6) is 5.75 Å². The Hall–Kier alpha value is -4.79. The van der Waals surface area contributed by atoms with Crippen molar-refractivity contribution in [2.24, 2.45) is 16.9 Å². The summed E-state index contributed by atoms with van der Waals surface area (Å²) in [4.78, 5) is 55.6. The smallest absolute Gasteiger partial charge is 0.338 e. The molecule has 0 spiro atoms. The molecule has 9 nitrogen and oxygen atoms in total. The van der Waals surface area contributed by atoms with E-state index >= 15 is 0 Å². The molecule has 0 radical (unpaired) electrons. The molecule has 0 bridgehead atoms. The van der Waals surface area contributed by atoms with Crippen LogP contribution in [-0.4, -0.2) is 54.5 Å². The number of esters is 1. The first-order valence-electron chi connectivity index (χ1n) is 13.7. The van der Waals surface area contributed by atoms with Crippen LogP contribution in [0.3, 0.4) is 0 Å². The molecular formula is C32H29N3O6. The van der Waals surface area contributed by atoms with Crippen molar-refractivity contribution in [1.29, 1.82) is 0 Å². The Morgan fingerprint density at radius 3 is 2.27 bits per heavy atom. The van der Waals surface area contributed by atoms with Crippen molar-refractivity contribution in [2.75, 3.05) is 18.6 Å². The highest BCUT2D eigenvalue weighted by Gasteiger charge is 2.65. The third kappa shape index (κ3) is 4.38. The highest BCUT2D eigenvalue weighted by atomic mass is 16.5. The molecule has 0 aromatic heterocycles. The fourth-order valence-electron chi connectivity index (χ4n) is 5.99. The van der Waals surface area contributed by atoms with Crippen LogP contribution in [0, 0.1) is 11.8 Å². The topological polar surface area (TPSA) is 106 Å². The number of carbonyl (C=O) groups excluding carboxylic acids is 4. The number of hydrazone groups is 1. The average molecular weight is 552 g/mol. The molecular weight excluding hydrogens is 522 g/mol. The lowest BCUT2D eigenvalue weighted by atomic mass is 9.83. The van der Waals surface area contributed by atoms with Gasteiger partial charge in [0.1, 0.15) is 11.8 Å². The van der Waals surface area contributed by atoms with Gasteiger partial charge in [-0.25, -0.2) is 9.69 Å². The van der Waals surface area contributed by atoms with Crippen LogP contribution < -0.4 is 9.64 Å². The third-order valence-electron chi connectivity index (χ3n) is 8.03. The van der Waals surface area contributed by atoms with E-state index in [1.165, 1.54) is 0 Å². The highest BCUT2D eigenvalue weighted by Crippen LogP contribution is 2.53. The van der Waals surface area contributed by atoms with E-state index in [-0.39, 0.29) is 5.78 Å². The van der Waals surface area contributed by atoms with E-state index in [0.29, 0.717) is 29.2 Å². The summed E-state index contributed by atoms with van der Waals surface area (Å²) in [5.74, 6) is -2.77. The van der Waals surface area contributed by atoms with Crippen molar-refractivity contribution in [3.8, 4) is 5.75 Å². The molecule has 2 fully saturated rings. The first kappa shape index (κ1) is 26.4. The SMILES string of the molecule is CCCCOC(=O)c1ccc(N2C(=O)C3C(C2=O)C2c4ccccc4C=NN2C3C(=O)c2ccc(OC)cc2)cc1. The van der Waals surface area contributed by atoms with Gasteiger partial charge in [0.25, 0.3) is 0 Å². The minimum Gasteiger partial charge on any atom is -0.497 e. The Labute approximate surface area is 237 Å². The van der Waals surface area contributed by atoms with E-state index < -0.39 is 41.7 Å². The molecule has 41 heavy (non-hydrogen) atoms. The number of methoxy groups -OCH3 is 1. The van der Waals surface area contributed by atoms with Crippen molar-refractivity contribution in [3.05, 3.63) is 95.1 Å². The highest BCUT2D eigenvalue weighted by molar-refractivity contribution is 6.24. The van der Waals surface area contributed by atoms with Crippen molar-refractivity contribution in [2.45, 2.75) is 31.8 Å². The average Bonchev–Trinajstić information content (AvgIpc) is 3.49. The molecule has 4 atom stereocenters. The zero-order valence-corrected chi connectivity index (χ0v) is 22.7. The number of hydrogen-bond acceptors (Lipinski definition) is 8.